The zero-order chi connectivity index (χ0) is 56.2. The van der Waals surface area contributed by atoms with Crippen molar-refractivity contribution in [2.75, 3.05) is 19.6 Å². The van der Waals surface area contributed by atoms with Crippen molar-refractivity contribution in [3.8, 4) is 36.0 Å². The van der Waals surface area contributed by atoms with E-state index in [1.807, 2.05) is 90.6 Å². The second kappa shape index (κ2) is 22.9. The average Bonchev–Trinajstić information content (AvgIpc) is 3.29. The van der Waals surface area contributed by atoms with Crippen LogP contribution in [0.15, 0.2) is 36.4 Å². The van der Waals surface area contributed by atoms with Gasteiger partial charge < -0.3 is 44.4 Å². The summed E-state index contributed by atoms with van der Waals surface area (Å²) >= 11 is 0. The maximum atomic E-state index is 14.0. The van der Waals surface area contributed by atoms with Crippen molar-refractivity contribution in [2.45, 2.75) is 186 Å². The van der Waals surface area contributed by atoms with Crippen LogP contribution >= 0.6 is 0 Å². The second-order valence-electron chi connectivity index (χ2n) is 26.1. The molecule has 3 fully saturated rings. The minimum absolute atomic E-state index is 0.0860. The molecule has 0 heterocycles. The van der Waals surface area contributed by atoms with Crippen LogP contribution in [0.25, 0.3) is 0 Å². The van der Waals surface area contributed by atoms with E-state index in [9.17, 15) is 30.2 Å². The number of carbonyl (C=O) groups is 3. The number of benzene rings is 3. The third kappa shape index (κ3) is 14.4. The molecule has 3 aromatic rings. The van der Waals surface area contributed by atoms with E-state index < -0.39 is 24.2 Å². The van der Waals surface area contributed by atoms with Gasteiger partial charge in [0.05, 0.1) is 0 Å². The molecule has 15 nitrogen and oxygen atoms in total. The first-order valence-electron chi connectivity index (χ1n) is 26.7. The minimum atomic E-state index is -0.622. The number of aryl methyl sites for hydroxylation is 2. The summed E-state index contributed by atoms with van der Waals surface area (Å²) in [7, 11) is 0. The lowest BCUT2D eigenvalue weighted by Gasteiger charge is -2.45. The highest BCUT2D eigenvalue weighted by Gasteiger charge is 2.45. The van der Waals surface area contributed by atoms with Gasteiger partial charge in [0.25, 0.3) is 18.8 Å². The summed E-state index contributed by atoms with van der Waals surface area (Å²) in [6.45, 7) is 31.9. The molecule has 0 spiro atoms. The molecule has 3 amide bonds. The standard InChI is InChI=1S/C61H82N6O9/c1-37-20-47(39(3)41(5)51(37)75-54(69)66-32-60(14)26-44(72-35-63)23-57(9,10)29-60)50(46-18-16-17-19-49(46)74-53(68)65-31-59(13)25-43(71-34-62)22-56(7,8)28-59)48-21-38(2)52(42(6)40(48)4)76-55(70)67-33-61(15)27-45(73-36-64)24-58(11,12)30-61/h16-21,43-45,50H,22-33H2,1-15H3,(H,65,68)(H,66,69)(H,67,70). The monoisotopic (exact) mass is 1040 g/mol. The van der Waals surface area contributed by atoms with Gasteiger partial charge in [-0.05, 0) is 182 Å². The second-order valence-corrected chi connectivity index (χ2v) is 26.1. The Balaban J connectivity index is 1.33. The largest absolute Gasteiger partial charge is 0.424 e. The van der Waals surface area contributed by atoms with Crippen LogP contribution < -0.4 is 30.2 Å². The summed E-state index contributed by atoms with van der Waals surface area (Å²) in [6.07, 6.45) is 9.65. The third-order valence-corrected chi connectivity index (χ3v) is 16.4. The van der Waals surface area contributed by atoms with Crippen LogP contribution in [-0.4, -0.2) is 56.2 Å². The highest BCUT2D eigenvalue weighted by Crippen LogP contribution is 2.50. The number of rotatable bonds is 15. The first kappa shape index (κ1) is 58.6. The molecule has 15 heteroatoms. The Bertz CT molecular complexity index is 2670. The minimum Gasteiger partial charge on any atom is -0.424 e. The summed E-state index contributed by atoms with van der Waals surface area (Å²) in [4.78, 5) is 41.4. The first-order chi connectivity index (χ1) is 35.4. The van der Waals surface area contributed by atoms with Crippen molar-refractivity contribution in [3.05, 3.63) is 86.5 Å². The van der Waals surface area contributed by atoms with Gasteiger partial charge in [0, 0.05) is 31.1 Å². The fourth-order valence-corrected chi connectivity index (χ4v) is 14.1. The number of carbonyl (C=O) groups excluding carboxylic acids is 3. The highest BCUT2D eigenvalue weighted by atomic mass is 16.6. The Labute approximate surface area is 451 Å². The van der Waals surface area contributed by atoms with Gasteiger partial charge in [-0.25, -0.2) is 14.4 Å². The molecule has 3 saturated carbocycles. The average molecular weight is 1040 g/mol. The van der Waals surface area contributed by atoms with E-state index in [-0.39, 0.29) is 50.8 Å². The maximum absolute atomic E-state index is 14.0. The van der Waals surface area contributed by atoms with Crippen LogP contribution in [0.1, 0.15) is 176 Å². The number of para-hydroxylation sites is 1. The highest BCUT2D eigenvalue weighted by molar-refractivity contribution is 5.74. The van der Waals surface area contributed by atoms with Crippen LogP contribution in [0, 0.1) is 109 Å². The van der Waals surface area contributed by atoms with Crippen LogP contribution in [0.3, 0.4) is 0 Å². The van der Waals surface area contributed by atoms with Crippen molar-refractivity contribution in [1.82, 2.24) is 16.0 Å². The molecule has 410 valence electrons. The van der Waals surface area contributed by atoms with E-state index in [1.54, 1.807) is 6.07 Å². The van der Waals surface area contributed by atoms with Gasteiger partial charge in [-0.15, -0.1) is 0 Å². The predicted octanol–water partition coefficient (Wildman–Crippen LogP) is 13.2. The van der Waals surface area contributed by atoms with Gasteiger partial charge >= 0.3 is 18.3 Å². The van der Waals surface area contributed by atoms with E-state index in [2.05, 4.69) is 78.3 Å². The lowest BCUT2D eigenvalue weighted by atomic mass is 9.63. The lowest BCUT2D eigenvalue weighted by molar-refractivity contribution is -0.0104. The van der Waals surface area contributed by atoms with Crippen molar-refractivity contribution >= 4 is 18.3 Å². The van der Waals surface area contributed by atoms with Gasteiger partial charge in [0.2, 0.25) is 0 Å². The van der Waals surface area contributed by atoms with Crippen LogP contribution in [0.5, 0.6) is 17.2 Å². The summed E-state index contributed by atoms with van der Waals surface area (Å²) in [5.74, 6) is 0.667. The Morgan fingerprint density at radius 3 is 1.17 bits per heavy atom. The maximum Gasteiger partial charge on any atom is 0.412 e. The number of amides is 3. The molecule has 6 rings (SSSR count). The number of ether oxygens (including phenoxy) is 6. The van der Waals surface area contributed by atoms with Gasteiger partial charge in [0.1, 0.15) is 35.6 Å². The SMILES string of the molecule is Cc1cc(C(c2ccccc2OC(=O)NCC2(C)CC(OC#N)CC(C)(C)C2)c2cc(C)c(OC(=O)NCC3(C)CC(OC#N)CC(C)(C)C3)c(C)c2C)c(C)c(C)c1OC(=O)NCC1(C)CC(OC#N)CC(C)(C)C1. The number of nitrogens with zero attached hydrogens (tertiary/aromatic N) is 3. The summed E-state index contributed by atoms with van der Waals surface area (Å²) in [5, 5.41) is 37.0. The Morgan fingerprint density at radius 2 is 0.829 bits per heavy atom. The van der Waals surface area contributed by atoms with E-state index in [1.165, 1.54) is 0 Å². The molecule has 6 unspecified atom stereocenters. The Hall–Kier alpha value is -6.66. The van der Waals surface area contributed by atoms with Crippen molar-refractivity contribution in [2.24, 2.45) is 32.5 Å². The molecule has 0 saturated heterocycles. The van der Waals surface area contributed by atoms with Crippen LogP contribution in [0.2, 0.25) is 0 Å². The summed E-state index contributed by atoms with van der Waals surface area (Å²) in [5.41, 5.74) is 5.84. The fourth-order valence-electron chi connectivity index (χ4n) is 14.1. The molecule has 0 aliphatic heterocycles. The van der Waals surface area contributed by atoms with Crippen molar-refractivity contribution < 1.29 is 42.8 Å². The third-order valence-electron chi connectivity index (χ3n) is 16.4. The molecule has 3 aliphatic rings. The Kier molecular flexibility index (Phi) is 17.7. The molecule has 76 heavy (non-hydrogen) atoms. The molecular weight excluding hydrogens is 961 g/mol. The molecule has 0 aromatic heterocycles. The molecule has 3 N–H and O–H groups in total. The van der Waals surface area contributed by atoms with Gasteiger partial charge in [-0.3, -0.25) is 0 Å². The fraction of sp³-hybridized carbons (Fsp3) is 0.607. The molecule has 3 aliphatic carbocycles. The number of nitrogens with one attached hydrogen (secondary N) is 3. The Morgan fingerprint density at radius 1 is 0.500 bits per heavy atom. The van der Waals surface area contributed by atoms with Gasteiger partial charge in [-0.1, -0.05) is 92.6 Å². The molecule has 0 radical (unpaired) electrons. The summed E-state index contributed by atoms with van der Waals surface area (Å²) in [6, 6.07) is 11.5. The topological polar surface area (TPSA) is 214 Å². The van der Waals surface area contributed by atoms with E-state index >= 15 is 0 Å². The molecule has 3 aromatic carbocycles. The molecule has 6 atom stereocenters. The van der Waals surface area contributed by atoms with Gasteiger partial charge in [-0.2, -0.15) is 15.8 Å². The molecule has 0 bridgehead atoms. The van der Waals surface area contributed by atoms with E-state index in [0.29, 0.717) is 72.8 Å². The first-order valence-corrected chi connectivity index (χ1v) is 26.7. The molecular formula is C61H82N6O9. The number of nitriles is 3. The predicted molar refractivity (Wildman–Crippen MR) is 289 cm³/mol. The van der Waals surface area contributed by atoms with Crippen LogP contribution in [0.4, 0.5) is 14.4 Å². The number of hydrogen-bond donors (Lipinski definition) is 3. The van der Waals surface area contributed by atoms with E-state index in [0.717, 1.165) is 71.9 Å². The summed E-state index contributed by atoms with van der Waals surface area (Å²) < 4.78 is 34.9. The normalized spacial score (nSPS) is 25.7. The quantitative estimate of drug-likeness (QED) is 0.0958. The zero-order valence-electron chi connectivity index (χ0n) is 47.8. The van der Waals surface area contributed by atoms with Crippen LogP contribution in [-0.2, 0) is 14.2 Å². The van der Waals surface area contributed by atoms with Crippen molar-refractivity contribution in [1.29, 1.82) is 15.8 Å². The van der Waals surface area contributed by atoms with Gasteiger partial charge in [0.15, 0.2) is 0 Å². The lowest BCUT2D eigenvalue weighted by Crippen LogP contribution is -2.46. The zero-order valence-corrected chi connectivity index (χ0v) is 47.8. The smallest absolute Gasteiger partial charge is 0.412 e. The number of hydrogen-bond acceptors (Lipinski definition) is 12. The van der Waals surface area contributed by atoms with E-state index in [4.69, 9.17) is 28.4 Å². The van der Waals surface area contributed by atoms with Crippen molar-refractivity contribution in [3.63, 3.8) is 0 Å².